The first-order chi connectivity index (χ1) is 63.6. The second-order valence-corrected chi connectivity index (χ2v) is 28.5. The highest BCUT2D eigenvalue weighted by molar-refractivity contribution is 5.36. The number of benzene rings is 8. The highest BCUT2D eigenvalue weighted by Gasteiger charge is 2.38. The van der Waals surface area contributed by atoms with Gasteiger partial charge in [0.1, 0.15) is 0 Å². The fourth-order valence-corrected chi connectivity index (χ4v) is 11.4. The third kappa shape index (κ3) is 45.2. The first kappa shape index (κ1) is 51.2. The lowest BCUT2D eigenvalue weighted by Gasteiger charge is -2.18. The third-order valence-corrected chi connectivity index (χ3v) is 18.5. The second kappa shape index (κ2) is 56.1. The van der Waals surface area contributed by atoms with Gasteiger partial charge >= 0.3 is 0 Å². The van der Waals surface area contributed by atoms with E-state index in [0.29, 0.717) is 0 Å². The summed E-state index contributed by atoms with van der Waals surface area (Å²) >= 11 is 0. The van der Waals surface area contributed by atoms with Crippen molar-refractivity contribution in [3.8, 4) is 0 Å². The molecule has 0 nitrogen and oxygen atoms in total. The molecule has 14 rings (SSSR count). The average Bonchev–Trinajstić information content (AvgIpc) is 1.68. The fourth-order valence-electron chi connectivity index (χ4n) is 11.4. The number of aryl methyl sites for hydroxylation is 18. The zero-order valence-electron chi connectivity index (χ0n) is 105. The van der Waals surface area contributed by atoms with Crippen molar-refractivity contribution in [1.82, 2.24) is 0 Å². The molecule has 0 heterocycles. The molecule has 8 aromatic rings. The lowest BCUT2D eigenvalue weighted by Crippen LogP contribution is -2.08. The van der Waals surface area contributed by atoms with Crippen LogP contribution in [0.2, 0.25) is 0 Å². The molecular weight excluding hydrogens is 1260 g/mol. The van der Waals surface area contributed by atoms with Crippen LogP contribution in [0.3, 0.4) is 0 Å². The van der Waals surface area contributed by atoms with E-state index < -0.39 is 138 Å². The van der Waals surface area contributed by atoms with Crippen LogP contribution in [0.1, 0.15) is 355 Å². The Balaban J connectivity index is 0.000000522. The minimum Gasteiger partial charge on any atom is -0.0651 e. The molecule has 0 aromatic heterocycles. The van der Waals surface area contributed by atoms with Crippen LogP contribution in [0, 0.1) is 180 Å². The Morgan fingerprint density at radius 2 is 0.562 bits per heavy atom. The van der Waals surface area contributed by atoms with E-state index >= 15 is 0 Å². The van der Waals surface area contributed by atoms with Gasteiger partial charge in [-0.15, -0.1) is 0 Å². The van der Waals surface area contributed by atoms with Gasteiger partial charge in [-0.1, -0.05) is 401 Å². The van der Waals surface area contributed by atoms with Crippen molar-refractivity contribution in [1.29, 1.82) is 0 Å². The lowest BCUT2D eigenvalue weighted by molar-refractivity contribution is 0.324. The molecule has 580 valence electrons. The summed E-state index contributed by atoms with van der Waals surface area (Å²) in [5.41, 5.74) is 27.3. The van der Waals surface area contributed by atoms with Gasteiger partial charge in [0.05, 0.1) is 0 Å². The van der Waals surface area contributed by atoms with Gasteiger partial charge in [-0.3, -0.25) is 0 Å². The number of hydrogen-bond acceptors (Lipinski definition) is 0. The summed E-state index contributed by atoms with van der Waals surface area (Å²) in [6, 6.07) is 59.4. The quantitative estimate of drug-likeness (QED) is 0.165. The molecule has 0 aliphatic heterocycles. The summed E-state index contributed by atoms with van der Waals surface area (Å²) in [5, 5.41) is 0. The van der Waals surface area contributed by atoms with E-state index in [4.69, 9.17) is 49.3 Å². The highest BCUT2D eigenvalue weighted by Crippen LogP contribution is 2.49. The van der Waals surface area contributed by atoms with E-state index in [2.05, 4.69) is 297 Å². The van der Waals surface area contributed by atoms with Crippen molar-refractivity contribution in [2.75, 3.05) is 0 Å². The molecule has 3 atom stereocenters. The molecular formula is C105H160. The molecule has 105 heavy (non-hydrogen) atoms. The molecule has 3 unspecified atom stereocenters. The van der Waals surface area contributed by atoms with Gasteiger partial charge < -0.3 is 0 Å². The Bertz CT molecular complexity index is 4980. The Morgan fingerprint density at radius 3 is 0.867 bits per heavy atom. The summed E-state index contributed by atoms with van der Waals surface area (Å²) in [4.78, 5) is 0. The SMILES string of the molecule is CCC1CC2CCC1C2.Cc1cc(C)c(C)c(C)c1.Cc1cc(C)cc(C)c1.Cc1ccc(C)c(C)c1.Cc1ccc(C)cc1.Cc1cccc(C)c1.Cc1cccc(C)c1C.Cc1ccccc1.Cc1ccccc1C.[2H]C1([2H])C(C)C([2H])([2H])C([2H])([2H])C([2H])([2H])C1([2H])[2H].[2H]C1([2H])C(C)C([2H])([2H])C([2H])([2H])C1([2H])[2H].[2H]C1([2H])C(CC)C([2H])([2H])C([2H])([2H])C([2H])([2H])C1([2H])[2H].[2H]C1([2H])C(CC)C([2H])([2H])C([2H])([2H])C1([2H])[2H]. The van der Waals surface area contributed by atoms with Crippen LogP contribution >= 0.6 is 0 Å². The van der Waals surface area contributed by atoms with Crippen LogP contribution < -0.4 is 0 Å². The van der Waals surface area contributed by atoms with Gasteiger partial charge in [-0.2, -0.15) is 0 Å². The van der Waals surface area contributed by atoms with Crippen molar-refractivity contribution in [3.05, 3.63) is 281 Å². The second-order valence-electron chi connectivity index (χ2n) is 28.5. The van der Waals surface area contributed by atoms with E-state index in [9.17, 15) is 0 Å². The first-order valence-corrected chi connectivity index (χ1v) is 37.8. The monoisotopic (exact) mass is 1460 g/mol. The van der Waals surface area contributed by atoms with Crippen molar-refractivity contribution in [2.45, 2.75) is 333 Å². The van der Waals surface area contributed by atoms with Gasteiger partial charge in [0.15, 0.2) is 0 Å². The van der Waals surface area contributed by atoms with E-state index in [-0.39, 0.29) is 12.8 Å². The predicted molar refractivity (Wildman–Crippen MR) is 475 cm³/mol. The van der Waals surface area contributed by atoms with Gasteiger partial charge in [0.25, 0.3) is 0 Å². The zero-order valence-corrected chi connectivity index (χ0v) is 69.2. The predicted octanol–water partition coefficient (Wildman–Crippen LogP) is 32.8. The Labute approximate surface area is 702 Å². The summed E-state index contributed by atoms with van der Waals surface area (Å²) in [5.74, 6) is -2.32. The number of fused-ring (bicyclic) bond motifs is 2. The lowest BCUT2D eigenvalue weighted by atomic mass is 9.87. The first-order valence-electron chi connectivity index (χ1n) is 55.8. The van der Waals surface area contributed by atoms with Crippen molar-refractivity contribution < 1.29 is 49.3 Å². The summed E-state index contributed by atoms with van der Waals surface area (Å²) in [7, 11) is 0. The van der Waals surface area contributed by atoms with Crippen molar-refractivity contribution in [3.63, 3.8) is 0 Å². The van der Waals surface area contributed by atoms with Crippen LogP contribution in [0.25, 0.3) is 0 Å². The molecule has 0 heteroatoms. The van der Waals surface area contributed by atoms with E-state index in [1.54, 1.807) is 25.7 Å². The van der Waals surface area contributed by atoms with Gasteiger partial charge in [0.2, 0.25) is 0 Å². The summed E-state index contributed by atoms with van der Waals surface area (Å²) < 4.78 is 271. The molecule has 0 N–H and O–H groups in total. The molecule has 0 spiro atoms. The van der Waals surface area contributed by atoms with E-state index in [1.807, 2.05) is 18.2 Å². The molecule has 2 bridgehead atoms. The Hall–Kier alpha value is -6.24. The smallest absolute Gasteiger partial charge is 0.0269 e. The third-order valence-electron chi connectivity index (χ3n) is 18.5. The van der Waals surface area contributed by atoms with Crippen molar-refractivity contribution >= 4 is 0 Å². The topological polar surface area (TPSA) is 0 Å². The zero-order chi connectivity index (χ0) is 110. The van der Waals surface area contributed by atoms with E-state index in [1.165, 1.54) is 138 Å². The molecule has 6 fully saturated rings. The van der Waals surface area contributed by atoms with Crippen LogP contribution in [-0.2, 0) is 0 Å². The average molecular weight is 1460 g/mol. The Kier molecular flexibility index (Phi) is 27.3. The molecule has 6 aliphatic carbocycles. The maximum Gasteiger partial charge on any atom is 0.0269 e. The molecule has 6 aliphatic rings. The summed E-state index contributed by atoms with van der Waals surface area (Å²) in [6.07, 6.45) is -43.8. The molecule has 8 aromatic carbocycles. The molecule has 6 saturated carbocycles. The van der Waals surface area contributed by atoms with Gasteiger partial charge in [-0.25, -0.2) is 0 Å². The highest BCUT2D eigenvalue weighted by atomic mass is 14.4. The van der Waals surface area contributed by atoms with Crippen LogP contribution in [0.5, 0.6) is 0 Å². The van der Waals surface area contributed by atoms with Crippen molar-refractivity contribution in [2.24, 2.45) is 41.4 Å². The fraction of sp³-hybridized carbons (Fsp3) is 0.543. The largest absolute Gasteiger partial charge is 0.0651 e. The maximum absolute atomic E-state index is 7.72. The summed E-state index contributed by atoms with van der Waals surface area (Å²) in [6.45, 7) is 50.2. The molecule has 0 radical (unpaired) electrons. The maximum atomic E-state index is 7.72. The van der Waals surface area contributed by atoms with Gasteiger partial charge in [0, 0.05) is 49.3 Å². The number of hydrogen-bond donors (Lipinski definition) is 0. The van der Waals surface area contributed by atoms with Crippen LogP contribution in [0.15, 0.2) is 170 Å². The molecule has 0 amide bonds. The standard InChI is InChI=1S/C10H14.C9H16.3C9H12.3C8H10.C8H16.C7H14.C7H8.C7H14.C6H12/c1-7-5-8(2)10(4)9(3)6-7;1-2-8-5-7-3-4-9(8)6-7;1-7-4-8(2)6-9(3)5-7;1-7-4-5-8(2)9(3)6-7;1-7-5-4-6-8(2)9(7)3;1-7-3-5-8(2)6-4-7;1-7-4-3-5-8(2)6-7;1-7-5-3-4-6-8(7)2;1-2-8-6-4-3-5-7-8;2*1-7-5-3-2-4-6-7;1-2-7-5-3-4-6-7;1-6-4-2-3-5-6/h5-6H,1-4H3;7-9H,2-6H2,1H3;3*4-6H,1-3H3;3*3-6H,1-2H3;8H,2-7H2,1H3;7H,2-6H2,1H3;2-6H,1H3;7H,2-6H2,1H3;6H,2-5H2,1H3/i;;;;;;;;3D2,4D2,5D2,6D2,7D2;2D2,3D2,4D2,5D2,6D2;;3D2,4D2,5D2,6D2;2D2,3D2,4D2,5D2. The minimum absolute atomic E-state index is 0.0685. The van der Waals surface area contributed by atoms with Gasteiger partial charge in [-0.05, 0) is 255 Å². The normalized spacial score (nSPS) is 30.5. The minimum atomic E-state index is -3.27. The Morgan fingerprint density at radius 1 is 0.257 bits per heavy atom. The van der Waals surface area contributed by atoms with E-state index in [0.717, 1.165) is 24.7 Å². The molecule has 0 saturated heterocycles. The van der Waals surface area contributed by atoms with Crippen LogP contribution in [-0.4, -0.2) is 0 Å². The van der Waals surface area contributed by atoms with Crippen LogP contribution in [0.4, 0.5) is 0 Å². The number of rotatable bonds is 3.